The second-order valence-corrected chi connectivity index (χ2v) is 4.98. The van der Waals surface area contributed by atoms with Crippen molar-refractivity contribution in [2.75, 3.05) is 38.1 Å². The Labute approximate surface area is 128 Å². The molecule has 0 atom stereocenters. The van der Waals surface area contributed by atoms with E-state index in [4.69, 9.17) is 4.74 Å². The number of nitrogens with zero attached hydrogens (tertiary/aromatic N) is 3. The number of carbonyl (C=O) groups is 1. The van der Waals surface area contributed by atoms with Crippen molar-refractivity contribution in [1.82, 2.24) is 4.98 Å². The zero-order valence-electron chi connectivity index (χ0n) is 13.0. The average Bonchev–Trinajstić information content (AvgIpc) is 2.53. The maximum Gasteiger partial charge on any atom is 0.276 e. The minimum Gasteiger partial charge on any atom is -0.494 e. The van der Waals surface area contributed by atoms with E-state index in [1.165, 1.54) is 24.1 Å². The number of halogens is 1. The van der Waals surface area contributed by atoms with Gasteiger partial charge in [0.05, 0.1) is 7.11 Å². The molecule has 0 saturated carbocycles. The van der Waals surface area contributed by atoms with Crippen molar-refractivity contribution in [2.24, 2.45) is 0 Å². The number of benzene rings is 1. The van der Waals surface area contributed by atoms with Crippen LogP contribution in [0.3, 0.4) is 0 Å². The number of hydrogen-bond acceptors (Lipinski definition) is 4. The van der Waals surface area contributed by atoms with Crippen LogP contribution < -0.4 is 14.5 Å². The van der Waals surface area contributed by atoms with E-state index in [0.717, 1.165) is 5.69 Å². The number of amides is 1. The van der Waals surface area contributed by atoms with Gasteiger partial charge in [-0.05, 0) is 24.3 Å². The van der Waals surface area contributed by atoms with Crippen molar-refractivity contribution in [1.29, 1.82) is 0 Å². The molecule has 0 N–H and O–H groups in total. The van der Waals surface area contributed by atoms with Crippen LogP contribution in [0.1, 0.15) is 10.5 Å². The van der Waals surface area contributed by atoms with Crippen molar-refractivity contribution >= 4 is 17.3 Å². The molecule has 5 nitrogen and oxygen atoms in total. The molecule has 1 aromatic carbocycles. The Bertz CT molecular complexity index is 689. The summed E-state index contributed by atoms with van der Waals surface area (Å²) in [7, 11) is 6.73. The lowest BCUT2D eigenvalue weighted by Gasteiger charge is -2.19. The van der Waals surface area contributed by atoms with Crippen molar-refractivity contribution in [3.05, 3.63) is 48.0 Å². The lowest BCUT2D eigenvalue weighted by atomic mass is 10.2. The van der Waals surface area contributed by atoms with Gasteiger partial charge in [-0.25, -0.2) is 4.39 Å². The van der Waals surface area contributed by atoms with E-state index in [1.54, 1.807) is 25.4 Å². The summed E-state index contributed by atoms with van der Waals surface area (Å²) in [5, 5.41) is 0. The third-order valence-electron chi connectivity index (χ3n) is 3.31. The quantitative estimate of drug-likeness (QED) is 0.871. The van der Waals surface area contributed by atoms with Gasteiger partial charge in [-0.2, -0.15) is 0 Å². The molecule has 0 aliphatic rings. The van der Waals surface area contributed by atoms with Crippen LogP contribution in [-0.4, -0.2) is 39.1 Å². The highest BCUT2D eigenvalue weighted by atomic mass is 19.1. The van der Waals surface area contributed by atoms with Gasteiger partial charge in [-0.1, -0.05) is 0 Å². The fourth-order valence-electron chi connectivity index (χ4n) is 1.97. The Morgan fingerprint density at radius 3 is 2.45 bits per heavy atom. The second-order valence-electron chi connectivity index (χ2n) is 4.98. The van der Waals surface area contributed by atoms with Crippen LogP contribution in [0.4, 0.5) is 15.8 Å². The van der Waals surface area contributed by atoms with Gasteiger partial charge in [-0.15, -0.1) is 0 Å². The lowest BCUT2D eigenvalue weighted by molar-refractivity contribution is 0.0988. The molecule has 0 radical (unpaired) electrons. The molecule has 116 valence electrons. The monoisotopic (exact) mass is 303 g/mol. The normalized spacial score (nSPS) is 10.2. The third kappa shape index (κ3) is 3.16. The number of anilines is 2. The van der Waals surface area contributed by atoms with E-state index in [9.17, 15) is 9.18 Å². The van der Waals surface area contributed by atoms with Crippen molar-refractivity contribution < 1.29 is 13.9 Å². The zero-order valence-corrected chi connectivity index (χ0v) is 13.0. The molecule has 0 fully saturated rings. The SMILES string of the molecule is COc1ccc(N(C)C(=O)c2cc(N(C)C)ccn2)cc1F. The van der Waals surface area contributed by atoms with Gasteiger partial charge in [0.2, 0.25) is 0 Å². The molecular formula is C16H18FN3O2. The minimum absolute atomic E-state index is 0.136. The average molecular weight is 303 g/mol. The molecule has 0 spiro atoms. The van der Waals surface area contributed by atoms with Crippen LogP contribution >= 0.6 is 0 Å². The summed E-state index contributed by atoms with van der Waals surface area (Å²) in [4.78, 5) is 19.8. The van der Waals surface area contributed by atoms with Gasteiger partial charge in [0.1, 0.15) is 5.69 Å². The maximum absolute atomic E-state index is 13.8. The molecule has 2 aromatic rings. The van der Waals surface area contributed by atoms with E-state index in [0.29, 0.717) is 11.4 Å². The second kappa shape index (κ2) is 6.43. The highest BCUT2D eigenvalue weighted by molar-refractivity contribution is 6.04. The number of carbonyl (C=O) groups excluding carboxylic acids is 1. The van der Waals surface area contributed by atoms with E-state index in [2.05, 4.69) is 4.98 Å². The highest BCUT2D eigenvalue weighted by Crippen LogP contribution is 2.24. The summed E-state index contributed by atoms with van der Waals surface area (Å²) in [5.41, 5.74) is 1.60. The highest BCUT2D eigenvalue weighted by Gasteiger charge is 2.17. The van der Waals surface area contributed by atoms with Crippen LogP contribution in [0.25, 0.3) is 0 Å². The number of aromatic nitrogens is 1. The Morgan fingerprint density at radius 2 is 1.86 bits per heavy atom. The first kappa shape index (κ1) is 15.8. The first-order valence-corrected chi connectivity index (χ1v) is 6.69. The number of hydrogen-bond donors (Lipinski definition) is 0. The lowest BCUT2D eigenvalue weighted by Crippen LogP contribution is -2.27. The number of pyridine rings is 1. The van der Waals surface area contributed by atoms with Gasteiger partial charge < -0.3 is 14.5 Å². The van der Waals surface area contributed by atoms with Crippen LogP contribution in [0, 0.1) is 5.82 Å². The summed E-state index contributed by atoms with van der Waals surface area (Å²) in [6, 6.07) is 7.86. The fourth-order valence-corrected chi connectivity index (χ4v) is 1.97. The predicted molar refractivity (Wildman–Crippen MR) is 84.2 cm³/mol. The molecule has 1 aromatic heterocycles. The predicted octanol–water partition coefficient (Wildman–Crippen LogP) is 2.57. The summed E-state index contributed by atoms with van der Waals surface area (Å²) in [6.07, 6.45) is 1.57. The molecule has 2 rings (SSSR count). The molecule has 0 unspecified atom stereocenters. The Morgan fingerprint density at radius 1 is 1.14 bits per heavy atom. The largest absolute Gasteiger partial charge is 0.494 e. The molecule has 1 amide bonds. The number of ether oxygens (including phenoxy) is 1. The van der Waals surface area contributed by atoms with Gasteiger partial charge in [0.25, 0.3) is 5.91 Å². The van der Waals surface area contributed by atoms with E-state index in [-0.39, 0.29) is 11.7 Å². The van der Waals surface area contributed by atoms with Crippen LogP contribution in [-0.2, 0) is 0 Å². The van der Waals surface area contributed by atoms with E-state index in [1.807, 2.05) is 25.1 Å². The number of rotatable bonds is 4. The smallest absolute Gasteiger partial charge is 0.276 e. The van der Waals surface area contributed by atoms with Crippen molar-refractivity contribution in [3.8, 4) is 5.75 Å². The van der Waals surface area contributed by atoms with E-state index < -0.39 is 5.82 Å². The molecule has 0 saturated heterocycles. The molecule has 6 heteroatoms. The fraction of sp³-hybridized carbons (Fsp3) is 0.250. The summed E-state index contributed by atoms with van der Waals surface area (Å²) in [6.45, 7) is 0. The molecule has 22 heavy (non-hydrogen) atoms. The Kier molecular flexibility index (Phi) is 4.60. The molecular weight excluding hydrogens is 285 g/mol. The Hall–Kier alpha value is -2.63. The molecule has 0 aliphatic heterocycles. The summed E-state index contributed by atoms with van der Waals surface area (Å²) >= 11 is 0. The first-order chi connectivity index (χ1) is 10.4. The topological polar surface area (TPSA) is 45.7 Å². The van der Waals surface area contributed by atoms with Gasteiger partial charge in [0.15, 0.2) is 11.6 Å². The van der Waals surface area contributed by atoms with Crippen LogP contribution in [0.5, 0.6) is 5.75 Å². The van der Waals surface area contributed by atoms with Gasteiger partial charge in [0, 0.05) is 44.8 Å². The van der Waals surface area contributed by atoms with Gasteiger partial charge >= 0.3 is 0 Å². The summed E-state index contributed by atoms with van der Waals surface area (Å²) < 4.78 is 18.6. The third-order valence-corrected chi connectivity index (χ3v) is 3.31. The first-order valence-electron chi connectivity index (χ1n) is 6.69. The van der Waals surface area contributed by atoms with Crippen molar-refractivity contribution in [3.63, 3.8) is 0 Å². The number of methoxy groups -OCH3 is 1. The molecule has 0 bridgehead atoms. The maximum atomic E-state index is 13.8. The van der Waals surface area contributed by atoms with Gasteiger partial charge in [-0.3, -0.25) is 9.78 Å². The van der Waals surface area contributed by atoms with Crippen LogP contribution in [0.2, 0.25) is 0 Å². The van der Waals surface area contributed by atoms with E-state index >= 15 is 0 Å². The summed E-state index contributed by atoms with van der Waals surface area (Å²) in [5.74, 6) is -0.694. The molecule has 0 aliphatic carbocycles. The zero-order chi connectivity index (χ0) is 16.3. The standard InChI is InChI=1S/C16H18FN3O2/c1-19(2)11-7-8-18-14(10-11)16(21)20(3)12-5-6-15(22-4)13(17)9-12/h5-10H,1-4H3. The minimum atomic E-state index is -0.519. The van der Waals surface area contributed by atoms with Crippen LogP contribution in [0.15, 0.2) is 36.5 Å². The van der Waals surface area contributed by atoms with Crippen molar-refractivity contribution in [2.45, 2.75) is 0 Å². The molecule has 1 heterocycles. The Balaban J connectivity index is 2.29.